The number of hydrogen-bond donors (Lipinski definition) is 0. The Hall–Kier alpha value is -1.90. The van der Waals surface area contributed by atoms with Crippen LogP contribution in [0.1, 0.15) is 20.3 Å². The highest BCUT2D eigenvalue weighted by atomic mass is 16.5. The Labute approximate surface area is 107 Å². The minimum absolute atomic E-state index is 0.152. The molecule has 0 heterocycles. The molecule has 3 nitrogen and oxygen atoms in total. The quantitative estimate of drug-likeness (QED) is 0.716. The van der Waals surface area contributed by atoms with E-state index in [4.69, 9.17) is 4.74 Å². The van der Waals surface area contributed by atoms with Crippen molar-refractivity contribution < 1.29 is 14.3 Å². The molecule has 0 aliphatic heterocycles. The number of Topliss-reactive ketones (excluding diaryl/α,β-unsaturated/α-hetero) is 2. The molecular weight excluding hydrogens is 228 g/mol. The molecule has 0 fully saturated rings. The number of fused-ring (bicyclic) bond motifs is 1. The molecule has 0 aromatic rings. The fraction of sp³-hybridized carbons (Fsp3) is 0.333. The van der Waals surface area contributed by atoms with Crippen LogP contribution in [0.4, 0.5) is 0 Å². The van der Waals surface area contributed by atoms with E-state index in [0.717, 1.165) is 0 Å². The summed E-state index contributed by atoms with van der Waals surface area (Å²) in [7, 11) is 1.54. The highest BCUT2D eigenvalue weighted by Gasteiger charge is 2.53. The Morgan fingerprint density at radius 3 is 2.61 bits per heavy atom. The van der Waals surface area contributed by atoms with Crippen molar-refractivity contribution in [2.45, 2.75) is 20.3 Å². The Morgan fingerprint density at radius 2 is 2.06 bits per heavy atom. The minimum atomic E-state index is -1.18. The van der Waals surface area contributed by atoms with Crippen molar-refractivity contribution in [1.29, 1.82) is 0 Å². The van der Waals surface area contributed by atoms with Crippen LogP contribution < -0.4 is 0 Å². The summed E-state index contributed by atoms with van der Waals surface area (Å²) in [6.07, 6.45) is 9.40. The average Bonchev–Trinajstić information content (AvgIpc) is 2.51. The predicted molar refractivity (Wildman–Crippen MR) is 68.8 cm³/mol. The van der Waals surface area contributed by atoms with Crippen molar-refractivity contribution >= 4 is 11.6 Å². The van der Waals surface area contributed by atoms with Crippen LogP contribution in [0.25, 0.3) is 0 Å². The molecular formula is C15H16O3. The highest BCUT2D eigenvalue weighted by molar-refractivity contribution is 6.22. The van der Waals surface area contributed by atoms with Crippen LogP contribution in [0.5, 0.6) is 0 Å². The largest absolute Gasteiger partial charge is 0.496 e. The van der Waals surface area contributed by atoms with E-state index in [1.165, 1.54) is 14.0 Å². The molecule has 0 bridgehead atoms. The lowest BCUT2D eigenvalue weighted by Gasteiger charge is -2.22. The molecule has 1 unspecified atom stereocenters. The standard InChI is InChI=1S/C15H16O3/c1-4-11-13(18-3)12-8-6-5-7-9-15(12,10(2)16)14(11)17/h5-9H,4H2,1-3H3. The molecule has 0 saturated heterocycles. The van der Waals surface area contributed by atoms with Crippen LogP contribution in [0.15, 0.2) is 47.3 Å². The lowest BCUT2D eigenvalue weighted by Crippen LogP contribution is -2.34. The van der Waals surface area contributed by atoms with Crippen LogP contribution in [0.2, 0.25) is 0 Å². The van der Waals surface area contributed by atoms with Gasteiger partial charge in [-0.2, -0.15) is 0 Å². The Bertz CT molecular complexity index is 532. The normalized spacial score (nSPS) is 25.9. The Balaban J connectivity index is 2.73. The van der Waals surface area contributed by atoms with E-state index >= 15 is 0 Å². The zero-order chi connectivity index (χ0) is 13.3. The molecule has 0 spiro atoms. The van der Waals surface area contributed by atoms with E-state index in [0.29, 0.717) is 23.3 Å². The van der Waals surface area contributed by atoms with Gasteiger partial charge in [0.25, 0.3) is 0 Å². The van der Waals surface area contributed by atoms with E-state index in [-0.39, 0.29) is 11.6 Å². The summed E-state index contributed by atoms with van der Waals surface area (Å²) < 4.78 is 5.36. The monoisotopic (exact) mass is 244 g/mol. The second-order valence-corrected chi connectivity index (χ2v) is 4.38. The van der Waals surface area contributed by atoms with Gasteiger partial charge in [0.2, 0.25) is 0 Å². The topological polar surface area (TPSA) is 43.4 Å². The number of carbonyl (C=O) groups excluding carboxylic acids is 2. The maximum absolute atomic E-state index is 12.6. The number of carbonyl (C=O) groups is 2. The maximum atomic E-state index is 12.6. The van der Waals surface area contributed by atoms with E-state index in [9.17, 15) is 9.59 Å². The third kappa shape index (κ3) is 1.43. The molecule has 3 heteroatoms. The summed E-state index contributed by atoms with van der Waals surface area (Å²) >= 11 is 0. The lowest BCUT2D eigenvalue weighted by molar-refractivity contribution is -0.131. The number of methoxy groups -OCH3 is 1. The van der Waals surface area contributed by atoms with Crippen LogP contribution >= 0.6 is 0 Å². The molecule has 1 atom stereocenters. The second kappa shape index (κ2) is 4.41. The van der Waals surface area contributed by atoms with Gasteiger partial charge in [-0.15, -0.1) is 0 Å². The fourth-order valence-corrected chi connectivity index (χ4v) is 2.61. The summed E-state index contributed by atoms with van der Waals surface area (Å²) in [6, 6.07) is 0. The van der Waals surface area contributed by atoms with Gasteiger partial charge in [0, 0.05) is 11.1 Å². The van der Waals surface area contributed by atoms with Crippen molar-refractivity contribution in [2.24, 2.45) is 5.41 Å². The van der Waals surface area contributed by atoms with Gasteiger partial charge >= 0.3 is 0 Å². The molecule has 2 aliphatic rings. The summed E-state index contributed by atoms with van der Waals surface area (Å²) in [5.74, 6) is 0.228. The van der Waals surface area contributed by atoms with Crippen LogP contribution in [-0.4, -0.2) is 18.7 Å². The van der Waals surface area contributed by atoms with Gasteiger partial charge in [0.1, 0.15) is 11.2 Å². The second-order valence-electron chi connectivity index (χ2n) is 4.38. The zero-order valence-electron chi connectivity index (χ0n) is 10.8. The first-order chi connectivity index (χ1) is 8.59. The van der Waals surface area contributed by atoms with Crippen molar-refractivity contribution in [3.8, 4) is 0 Å². The van der Waals surface area contributed by atoms with Gasteiger partial charge < -0.3 is 4.74 Å². The van der Waals surface area contributed by atoms with Gasteiger partial charge in [0.15, 0.2) is 11.6 Å². The molecule has 0 radical (unpaired) electrons. The number of ketones is 2. The van der Waals surface area contributed by atoms with Gasteiger partial charge in [0.05, 0.1) is 7.11 Å². The van der Waals surface area contributed by atoms with E-state index < -0.39 is 5.41 Å². The number of hydrogen-bond acceptors (Lipinski definition) is 3. The van der Waals surface area contributed by atoms with E-state index in [2.05, 4.69) is 0 Å². The van der Waals surface area contributed by atoms with Gasteiger partial charge in [-0.25, -0.2) is 0 Å². The number of rotatable bonds is 3. The summed E-state index contributed by atoms with van der Waals surface area (Å²) in [6.45, 7) is 3.35. The SMILES string of the molecule is CCC1=C(OC)C2=CC=CC=CC2(C(C)=O)C1=O. The highest BCUT2D eigenvalue weighted by Crippen LogP contribution is 2.47. The zero-order valence-corrected chi connectivity index (χ0v) is 10.8. The predicted octanol–water partition coefficient (Wildman–Crippen LogP) is 2.51. The molecule has 18 heavy (non-hydrogen) atoms. The molecule has 0 aromatic heterocycles. The third-order valence-corrected chi connectivity index (χ3v) is 3.52. The molecule has 0 aromatic carbocycles. The van der Waals surface area contributed by atoms with E-state index in [1.54, 1.807) is 18.2 Å². The van der Waals surface area contributed by atoms with Crippen LogP contribution in [0, 0.1) is 5.41 Å². The van der Waals surface area contributed by atoms with Gasteiger partial charge in [-0.3, -0.25) is 9.59 Å². The fourth-order valence-electron chi connectivity index (χ4n) is 2.61. The van der Waals surface area contributed by atoms with Crippen molar-refractivity contribution in [3.63, 3.8) is 0 Å². The smallest absolute Gasteiger partial charge is 0.184 e. The van der Waals surface area contributed by atoms with E-state index in [1.807, 2.05) is 19.1 Å². The Kier molecular flexibility index (Phi) is 3.07. The third-order valence-electron chi connectivity index (χ3n) is 3.52. The first-order valence-corrected chi connectivity index (χ1v) is 5.99. The summed E-state index contributed by atoms with van der Waals surface area (Å²) in [5.41, 5.74) is 0.0726. The number of ether oxygens (including phenoxy) is 1. The first kappa shape index (κ1) is 12.6. The molecule has 0 amide bonds. The van der Waals surface area contributed by atoms with Crippen molar-refractivity contribution in [3.05, 3.63) is 47.3 Å². The molecule has 0 saturated carbocycles. The summed E-state index contributed by atoms with van der Waals surface area (Å²) in [4.78, 5) is 24.6. The van der Waals surface area contributed by atoms with Crippen molar-refractivity contribution in [1.82, 2.24) is 0 Å². The molecule has 2 aliphatic carbocycles. The summed E-state index contributed by atoms with van der Waals surface area (Å²) in [5, 5.41) is 0. The molecule has 2 rings (SSSR count). The van der Waals surface area contributed by atoms with Crippen LogP contribution in [0.3, 0.4) is 0 Å². The molecule has 94 valence electrons. The number of allylic oxidation sites excluding steroid dienone is 7. The maximum Gasteiger partial charge on any atom is 0.184 e. The lowest BCUT2D eigenvalue weighted by atomic mass is 9.76. The molecule has 0 N–H and O–H groups in total. The minimum Gasteiger partial charge on any atom is -0.496 e. The van der Waals surface area contributed by atoms with Crippen molar-refractivity contribution in [2.75, 3.05) is 7.11 Å². The average molecular weight is 244 g/mol. The first-order valence-electron chi connectivity index (χ1n) is 5.99. The van der Waals surface area contributed by atoms with Crippen LogP contribution in [-0.2, 0) is 14.3 Å². The van der Waals surface area contributed by atoms with Gasteiger partial charge in [-0.1, -0.05) is 37.3 Å². The Morgan fingerprint density at radius 1 is 1.33 bits per heavy atom. The van der Waals surface area contributed by atoms with Gasteiger partial charge in [-0.05, 0) is 13.3 Å².